The number of carbonyl (C=O) groups is 1. The van der Waals surface area contributed by atoms with Gasteiger partial charge in [-0.2, -0.15) is 0 Å². The fraction of sp³-hybridized carbons (Fsp3) is 0.938. The summed E-state index contributed by atoms with van der Waals surface area (Å²) in [5, 5.41) is 12.9. The van der Waals surface area contributed by atoms with Crippen LogP contribution in [0.2, 0.25) is 0 Å². The molecule has 2 aliphatic rings. The van der Waals surface area contributed by atoms with Crippen molar-refractivity contribution in [1.29, 1.82) is 0 Å². The summed E-state index contributed by atoms with van der Waals surface area (Å²) < 4.78 is 5.40. The zero-order valence-corrected chi connectivity index (χ0v) is 13.4. The van der Waals surface area contributed by atoms with Crippen LogP contribution in [-0.4, -0.2) is 61.4 Å². The Morgan fingerprint density at radius 2 is 2.00 bits per heavy atom. The molecule has 0 aromatic carbocycles. The van der Waals surface area contributed by atoms with Crippen LogP contribution in [0.1, 0.15) is 45.4 Å². The van der Waals surface area contributed by atoms with Gasteiger partial charge in [-0.25, -0.2) is 0 Å². The predicted octanol–water partition coefficient (Wildman–Crippen LogP) is 1.15. The molecule has 0 bridgehead atoms. The minimum atomic E-state index is -0.156. The Morgan fingerprint density at radius 3 is 2.57 bits per heavy atom. The number of likely N-dealkylation sites (N-methyl/N-ethyl adjacent to an activating group) is 1. The average Bonchev–Trinajstić information content (AvgIpc) is 3.00. The first-order valence-corrected chi connectivity index (χ1v) is 8.25. The second kappa shape index (κ2) is 7.56. The third kappa shape index (κ3) is 4.41. The van der Waals surface area contributed by atoms with Crippen LogP contribution in [0.3, 0.4) is 0 Å². The summed E-state index contributed by atoms with van der Waals surface area (Å²) >= 11 is 0. The maximum Gasteiger partial charge on any atom is 0.237 e. The van der Waals surface area contributed by atoms with Crippen molar-refractivity contribution in [2.75, 3.05) is 33.4 Å². The number of aliphatic hydroxyl groups is 1. The highest BCUT2D eigenvalue weighted by atomic mass is 16.5. The van der Waals surface area contributed by atoms with Gasteiger partial charge in [-0.1, -0.05) is 12.8 Å². The molecule has 1 saturated carbocycles. The first-order valence-electron chi connectivity index (χ1n) is 8.25. The number of carbonyl (C=O) groups excluding carboxylic acids is 1. The van der Waals surface area contributed by atoms with Gasteiger partial charge in [0.15, 0.2) is 0 Å². The van der Waals surface area contributed by atoms with E-state index in [1.807, 2.05) is 14.0 Å². The summed E-state index contributed by atoms with van der Waals surface area (Å²) in [7, 11) is 1.98. The molecule has 0 aromatic heterocycles. The fourth-order valence-corrected chi connectivity index (χ4v) is 3.43. The second-order valence-corrected chi connectivity index (χ2v) is 6.85. The minimum Gasteiger partial charge on any atom is -0.396 e. The third-order valence-electron chi connectivity index (χ3n) is 5.22. The van der Waals surface area contributed by atoms with E-state index in [1.54, 1.807) is 0 Å². The Kier molecular flexibility index (Phi) is 6.02. The van der Waals surface area contributed by atoms with Crippen molar-refractivity contribution in [1.82, 2.24) is 10.2 Å². The van der Waals surface area contributed by atoms with Gasteiger partial charge < -0.3 is 15.2 Å². The number of amides is 1. The Bertz CT molecular complexity index is 336. The van der Waals surface area contributed by atoms with Crippen LogP contribution < -0.4 is 5.32 Å². The van der Waals surface area contributed by atoms with Crippen LogP contribution >= 0.6 is 0 Å². The lowest BCUT2D eigenvalue weighted by molar-refractivity contribution is -0.127. The van der Waals surface area contributed by atoms with Crippen molar-refractivity contribution in [2.24, 2.45) is 5.41 Å². The standard InChI is InChI=1S/C16H30N2O3/c1-13(15(20)17-14-5-3-4-6-14)18(2)11-16(12-19)7-9-21-10-8-16/h13-14,19H,3-12H2,1-2H3,(H,17,20). The molecule has 1 atom stereocenters. The van der Waals surface area contributed by atoms with E-state index in [9.17, 15) is 9.90 Å². The topological polar surface area (TPSA) is 61.8 Å². The van der Waals surface area contributed by atoms with Crippen molar-refractivity contribution in [3.63, 3.8) is 0 Å². The van der Waals surface area contributed by atoms with Crippen LogP contribution in [-0.2, 0) is 9.53 Å². The van der Waals surface area contributed by atoms with Crippen molar-refractivity contribution < 1.29 is 14.6 Å². The molecule has 21 heavy (non-hydrogen) atoms. The van der Waals surface area contributed by atoms with Gasteiger partial charge in [0.05, 0.1) is 12.6 Å². The van der Waals surface area contributed by atoms with Crippen LogP contribution in [0, 0.1) is 5.41 Å². The van der Waals surface area contributed by atoms with Crippen LogP contribution in [0.15, 0.2) is 0 Å². The third-order valence-corrected chi connectivity index (χ3v) is 5.22. The quantitative estimate of drug-likeness (QED) is 0.772. The van der Waals surface area contributed by atoms with E-state index in [0.717, 1.165) is 32.2 Å². The number of ether oxygens (including phenoxy) is 1. The van der Waals surface area contributed by atoms with Crippen molar-refractivity contribution in [2.45, 2.75) is 57.5 Å². The maximum atomic E-state index is 12.3. The van der Waals surface area contributed by atoms with E-state index in [-0.39, 0.29) is 24.0 Å². The number of nitrogens with one attached hydrogen (secondary N) is 1. The monoisotopic (exact) mass is 298 g/mol. The molecule has 0 aromatic rings. The predicted molar refractivity (Wildman–Crippen MR) is 82.1 cm³/mol. The van der Waals surface area contributed by atoms with Gasteiger partial charge in [0.1, 0.15) is 0 Å². The minimum absolute atomic E-state index is 0.115. The van der Waals surface area contributed by atoms with E-state index >= 15 is 0 Å². The molecule has 2 fully saturated rings. The number of hydrogen-bond acceptors (Lipinski definition) is 4. The molecule has 1 aliphatic carbocycles. The largest absolute Gasteiger partial charge is 0.396 e. The lowest BCUT2D eigenvalue weighted by atomic mass is 9.80. The Labute approximate surface area is 128 Å². The molecule has 1 unspecified atom stereocenters. The Balaban J connectivity index is 1.85. The summed E-state index contributed by atoms with van der Waals surface area (Å²) in [5.41, 5.74) is -0.116. The summed E-state index contributed by atoms with van der Waals surface area (Å²) in [6.07, 6.45) is 6.40. The first kappa shape index (κ1) is 16.7. The Morgan fingerprint density at radius 1 is 1.38 bits per heavy atom. The molecule has 5 heteroatoms. The summed E-state index contributed by atoms with van der Waals surface area (Å²) in [5.74, 6) is 0.115. The van der Waals surface area contributed by atoms with Crippen molar-refractivity contribution in [3.05, 3.63) is 0 Å². The number of hydrogen-bond donors (Lipinski definition) is 2. The van der Waals surface area contributed by atoms with Gasteiger partial charge in [-0.3, -0.25) is 9.69 Å². The zero-order chi connectivity index (χ0) is 15.3. The zero-order valence-electron chi connectivity index (χ0n) is 13.4. The first-order chi connectivity index (χ1) is 10.1. The summed E-state index contributed by atoms with van der Waals surface area (Å²) in [4.78, 5) is 14.4. The highest BCUT2D eigenvalue weighted by Crippen LogP contribution is 2.31. The molecule has 2 rings (SSSR count). The molecule has 1 amide bonds. The number of nitrogens with zero attached hydrogens (tertiary/aromatic N) is 1. The summed E-state index contributed by atoms with van der Waals surface area (Å²) in [6, 6.07) is 0.208. The van der Waals surface area contributed by atoms with Gasteiger partial charge in [-0.05, 0) is 39.7 Å². The van der Waals surface area contributed by atoms with E-state index in [1.165, 1.54) is 12.8 Å². The van der Waals surface area contributed by atoms with E-state index < -0.39 is 0 Å². The normalized spacial score (nSPS) is 24.2. The van der Waals surface area contributed by atoms with E-state index in [4.69, 9.17) is 4.74 Å². The Hall–Kier alpha value is -0.650. The highest BCUT2D eigenvalue weighted by Gasteiger charge is 2.35. The van der Waals surface area contributed by atoms with Gasteiger partial charge in [-0.15, -0.1) is 0 Å². The molecule has 122 valence electrons. The molecule has 1 saturated heterocycles. The van der Waals surface area contributed by atoms with Crippen LogP contribution in [0.25, 0.3) is 0 Å². The SMILES string of the molecule is CC(C(=O)NC1CCCC1)N(C)CC1(CO)CCOCC1. The smallest absolute Gasteiger partial charge is 0.237 e. The fourth-order valence-electron chi connectivity index (χ4n) is 3.43. The number of aliphatic hydroxyl groups excluding tert-OH is 1. The van der Waals surface area contributed by atoms with Gasteiger partial charge in [0, 0.05) is 31.2 Å². The highest BCUT2D eigenvalue weighted by molar-refractivity contribution is 5.81. The number of rotatable bonds is 6. The maximum absolute atomic E-state index is 12.3. The molecule has 5 nitrogen and oxygen atoms in total. The van der Waals surface area contributed by atoms with Crippen molar-refractivity contribution >= 4 is 5.91 Å². The van der Waals surface area contributed by atoms with Crippen molar-refractivity contribution in [3.8, 4) is 0 Å². The second-order valence-electron chi connectivity index (χ2n) is 6.85. The van der Waals surface area contributed by atoms with Gasteiger partial charge in [0.25, 0.3) is 0 Å². The van der Waals surface area contributed by atoms with Gasteiger partial charge in [0.2, 0.25) is 5.91 Å². The molecule has 2 N–H and O–H groups in total. The molecule has 1 aliphatic heterocycles. The average molecular weight is 298 g/mol. The molecular formula is C16H30N2O3. The molecule has 0 radical (unpaired) electrons. The lowest BCUT2D eigenvalue weighted by Crippen LogP contribution is -2.51. The molecule has 0 spiro atoms. The van der Waals surface area contributed by atoms with E-state index in [2.05, 4.69) is 10.2 Å². The van der Waals surface area contributed by atoms with E-state index in [0.29, 0.717) is 19.3 Å². The molecule has 1 heterocycles. The lowest BCUT2D eigenvalue weighted by Gasteiger charge is -2.40. The summed E-state index contributed by atoms with van der Waals surface area (Å²) in [6.45, 7) is 4.27. The van der Waals surface area contributed by atoms with Crippen LogP contribution in [0.4, 0.5) is 0 Å². The van der Waals surface area contributed by atoms with Crippen LogP contribution in [0.5, 0.6) is 0 Å². The van der Waals surface area contributed by atoms with Gasteiger partial charge >= 0.3 is 0 Å². The molecular weight excluding hydrogens is 268 g/mol.